The molecule has 0 saturated heterocycles. The van der Waals surface area contributed by atoms with E-state index in [0.29, 0.717) is 25.1 Å². The number of aliphatic hydroxyl groups is 1. The van der Waals surface area contributed by atoms with Crippen molar-refractivity contribution in [1.29, 1.82) is 0 Å². The number of carbonyl (C=O) groups excluding carboxylic acids is 1. The molecule has 1 aromatic carbocycles. The highest BCUT2D eigenvalue weighted by Gasteiger charge is 2.12. The normalized spacial score (nSPS) is 11.9. The Morgan fingerprint density at radius 1 is 1.30 bits per heavy atom. The van der Waals surface area contributed by atoms with Crippen molar-refractivity contribution in [3.63, 3.8) is 0 Å². The number of aryl methyl sites for hydroxylation is 1. The van der Waals surface area contributed by atoms with Crippen LogP contribution in [-0.2, 0) is 12.8 Å². The third-order valence-corrected chi connectivity index (χ3v) is 4.10. The summed E-state index contributed by atoms with van der Waals surface area (Å²) in [6.07, 6.45) is 2.79. The van der Waals surface area contributed by atoms with Crippen LogP contribution < -0.4 is 10.6 Å². The Kier molecular flexibility index (Phi) is 6.22. The molecule has 3 aromatic rings. The lowest BCUT2D eigenvalue weighted by molar-refractivity contribution is 0.213. The van der Waals surface area contributed by atoms with Crippen LogP contribution in [0.15, 0.2) is 47.1 Å². The monoisotopic (exact) mass is 369 g/mol. The summed E-state index contributed by atoms with van der Waals surface area (Å²) in [5.74, 6) is 2.20. The van der Waals surface area contributed by atoms with Gasteiger partial charge >= 0.3 is 6.03 Å². The SMILES string of the molecule is Cc1nc(Cc2ccc(NC(=O)NC[C@@H](CO)Cc3ccco3)cc2)n[nH]1. The highest BCUT2D eigenvalue weighted by molar-refractivity contribution is 5.89. The predicted octanol–water partition coefficient (Wildman–Crippen LogP) is 2.27. The first-order chi connectivity index (χ1) is 13.1. The Balaban J connectivity index is 1.45. The second-order valence-electron chi connectivity index (χ2n) is 6.38. The number of nitrogens with one attached hydrogen (secondary N) is 3. The number of amides is 2. The Bertz CT molecular complexity index is 843. The van der Waals surface area contributed by atoms with Gasteiger partial charge in [-0.05, 0) is 36.8 Å². The molecule has 8 heteroatoms. The van der Waals surface area contributed by atoms with Gasteiger partial charge in [-0.1, -0.05) is 12.1 Å². The van der Waals surface area contributed by atoms with Gasteiger partial charge in [0.1, 0.15) is 11.6 Å². The molecule has 0 unspecified atom stereocenters. The van der Waals surface area contributed by atoms with Crippen LogP contribution in [0.4, 0.5) is 10.5 Å². The van der Waals surface area contributed by atoms with E-state index in [1.54, 1.807) is 12.3 Å². The van der Waals surface area contributed by atoms with E-state index in [1.165, 1.54) is 0 Å². The molecule has 4 N–H and O–H groups in total. The number of hydrogen-bond donors (Lipinski definition) is 4. The first-order valence-electron chi connectivity index (χ1n) is 8.77. The maximum atomic E-state index is 12.1. The molecule has 2 heterocycles. The number of carbonyl (C=O) groups is 1. The third-order valence-electron chi connectivity index (χ3n) is 4.10. The Labute approximate surface area is 157 Å². The summed E-state index contributed by atoms with van der Waals surface area (Å²) in [7, 11) is 0. The fraction of sp³-hybridized carbons (Fsp3) is 0.316. The van der Waals surface area contributed by atoms with Crippen molar-refractivity contribution in [1.82, 2.24) is 20.5 Å². The van der Waals surface area contributed by atoms with Gasteiger partial charge in [-0.2, -0.15) is 5.10 Å². The molecule has 0 aliphatic carbocycles. The predicted molar refractivity (Wildman–Crippen MR) is 100 cm³/mol. The van der Waals surface area contributed by atoms with E-state index in [9.17, 15) is 9.90 Å². The number of nitrogens with zero attached hydrogens (tertiary/aromatic N) is 2. The zero-order valence-electron chi connectivity index (χ0n) is 15.1. The topological polar surface area (TPSA) is 116 Å². The molecular weight excluding hydrogens is 346 g/mol. The maximum Gasteiger partial charge on any atom is 0.319 e. The average Bonchev–Trinajstić information content (AvgIpc) is 3.32. The number of H-pyrrole nitrogens is 1. The van der Waals surface area contributed by atoms with Crippen LogP contribution >= 0.6 is 0 Å². The van der Waals surface area contributed by atoms with Gasteiger partial charge in [0.15, 0.2) is 5.82 Å². The molecule has 0 spiro atoms. The highest BCUT2D eigenvalue weighted by atomic mass is 16.3. The standard InChI is InChI=1S/C19H23N5O3/c1-13-21-18(24-23-13)10-14-4-6-16(7-5-14)22-19(26)20-11-15(12-25)9-17-3-2-8-27-17/h2-8,15,25H,9-12H2,1H3,(H2,20,22,26)(H,21,23,24)/t15-/m0/s1. The molecule has 3 rings (SSSR count). The maximum absolute atomic E-state index is 12.1. The van der Waals surface area contributed by atoms with Gasteiger partial charge in [0.2, 0.25) is 0 Å². The molecule has 8 nitrogen and oxygen atoms in total. The summed E-state index contributed by atoms with van der Waals surface area (Å²) in [5.41, 5.74) is 1.74. The zero-order chi connectivity index (χ0) is 19.1. The Morgan fingerprint density at radius 2 is 2.11 bits per heavy atom. The van der Waals surface area contributed by atoms with Crippen molar-refractivity contribution in [2.75, 3.05) is 18.5 Å². The summed E-state index contributed by atoms with van der Waals surface area (Å²) >= 11 is 0. The largest absolute Gasteiger partial charge is 0.469 e. The van der Waals surface area contributed by atoms with Crippen LogP contribution in [0.1, 0.15) is 23.0 Å². The smallest absolute Gasteiger partial charge is 0.319 e. The van der Waals surface area contributed by atoms with Crippen molar-refractivity contribution in [3.05, 3.63) is 65.6 Å². The Hall–Kier alpha value is -3.13. The van der Waals surface area contributed by atoms with Crippen LogP contribution in [0, 0.1) is 12.8 Å². The fourth-order valence-corrected chi connectivity index (χ4v) is 2.68. The van der Waals surface area contributed by atoms with Crippen LogP contribution in [0.2, 0.25) is 0 Å². The minimum atomic E-state index is -0.315. The van der Waals surface area contributed by atoms with Crippen molar-refractivity contribution in [2.45, 2.75) is 19.8 Å². The zero-order valence-corrected chi connectivity index (χ0v) is 15.1. The van der Waals surface area contributed by atoms with Gasteiger partial charge < -0.3 is 20.2 Å². The van der Waals surface area contributed by atoms with E-state index < -0.39 is 0 Å². The minimum absolute atomic E-state index is 0.0314. The number of aromatic nitrogens is 3. The van der Waals surface area contributed by atoms with Gasteiger partial charge in [-0.15, -0.1) is 0 Å². The Morgan fingerprint density at radius 3 is 2.74 bits per heavy atom. The van der Waals surface area contributed by atoms with Gasteiger partial charge in [0, 0.05) is 37.6 Å². The van der Waals surface area contributed by atoms with E-state index in [-0.39, 0.29) is 18.6 Å². The van der Waals surface area contributed by atoms with E-state index in [2.05, 4.69) is 25.8 Å². The molecule has 27 heavy (non-hydrogen) atoms. The summed E-state index contributed by atoms with van der Waals surface area (Å²) in [4.78, 5) is 16.3. The lowest BCUT2D eigenvalue weighted by Crippen LogP contribution is -2.34. The molecule has 1 atom stereocenters. The molecule has 2 aromatic heterocycles. The van der Waals surface area contributed by atoms with Gasteiger partial charge in [0.05, 0.1) is 6.26 Å². The van der Waals surface area contributed by atoms with Crippen molar-refractivity contribution in [2.24, 2.45) is 5.92 Å². The van der Waals surface area contributed by atoms with Crippen LogP contribution in [0.3, 0.4) is 0 Å². The first kappa shape index (κ1) is 18.7. The van der Waals surface area contributed by atoms with E-state index in [0.717, 1.165) is 23.0 Å². The second kappa shape index (κ2) is 9.00. The minimum Gasteiger partial charge on any atom is -0.469 e. The lowest BCUT2D eigenvalue weighted by atomic mass is 10.1. The summed E-state index contributed by atoms with van der Waals surface area (Å²) in [6, 6.07) is 10.9. The van der Waals surface area contributed by atoms with Crippen LogP contribution in [0.5, 0.6) is 0 Å². The highest BCUT2D eigenvalue weighted by Crippen LogP contribution is 2.12. The van der Waals surface area contributed by atoms with Crippen molar-refractivity contribution < 1.29 is 14.3 Å². The number of aromatic amines is 1. The lowest BCUT2D eigenvalue weighted by Gasteiger charge is -2.14. The van der Waals surface area contributed by atoms with Crippen LogP contribution in [-0.4, -0.2) is 39.5 Å². The van der Waals surface area contributed by atoms with Crippen LogP contribution in [0.25, 0.3) is 0 Å². The molecule has 142 valence electrons. The van der Waals surface area contributed by atoms with Gasteiger partial charge in [-0.3, -0.25) is 5.10 Å². The molecule has 0 fully saturated rings. The summed E-state index contributed by atoms with van der Waals surface area (Å²) in [5, 5.41) is 21.9. The number of rotatable bonds is 8. The number of hydrogen-bond acceptors (Lipinski definition) is 5. The molecule has 2 amide bonds. The molecule has 0 aliphatic heterocycles. The molecular formula is C19H23N5O3. The van der Waals surface area contributed by atoms with Gasteiger partial charge in [-0.25, -0.2) is 9.78 Å². The van der Waals surface area contributed by atoms with Crippen molar-refractivity contribution in [3.8, 4) is 0 Å². The van der Waals surface area contributed by atoms with E-state index in [1.807, 2.05) is 37.3 Å². The third kappa shape index (κ3) is 5.68. The quantitative estimate of drug-likeness (QED) is 0.486. The number of furan rings is 1. The van der Waals surface area contributed by atoms with Gasteiger partial charge in [0.25, 0.3) is 0 Å². The average molecular weight is 369 g/mol. The van der Waals surface area contributed by atoms with E-state index >= 15 is 0 Å². The number of benzene rings is 1. The molecule has 0 bridgehead atoms. The fourth-order valence-electron chi connectivity index (χ4n) is 2.68. The molecule has 0 aliphatic rings. The van der Waals surface area contributed by atoms with Crippen molar-refractivity contribution >= 4 is 11.7 Å². The van der Waals surface area contributed by atoms with E-state index in [4.69, 9.17) is 4.42 Å². The number of aliphatic hydroxyl groups excluding tert-OH is 1. The number of urea groups is 1. The summed E-state index contributed by atoms with van der Waals surface area (Å²) in [6.45, 7) is 2.18. The molecule has 0 saturated carbocycles. The molecule has 0 radical (unpaired) electrons. The summed E-state index contributed by atoms with van der Waals surface area (Å²) < 4.78 is 5.27. The number of anilines is 1. The first-order valence-corrected chi connectivity index (χ1v) is 8.77. The second-order valence-corrected chi connectivity index (χ2v) is 6.38.